The summed E-state index contributed by atoms with van der Waals surface area (Å²) in [5, 5.41) is 0. The zero-order valence-electron chi connectivity index (χ0n) is 18.3. The number of anilines is 2. The van der Waals surface area contributed by atoms with Gasteiger partial charge in [0.15, 0.2) is 0 Å². The van der Waals surface area contributed by atoms with Crippen LogP contribution < -0.4 is 14.5 Å². The molecule has 1 amide bonds. The van der Waals surface area contributed by atoms with Crippen LogP contribution in [0.15, 0.2) is 42.7 Å². The van der Waals surface area contributed by atoms with Crippen molar-refractivity contribution in [3.05, 3.63) is 48.3 Å². The van der Waals surface area contributed by atoms with Crippen LogP contribution >= 0.6 is 0 Å². The Kier molecular flexibility index (Phi) is 5.48. The fraction of sp³-hybridized carbons (Fsp3) is 0.391. The lowest BCUT2D eigenvalue weighted by atomic mass is 10.2. The van der Waals surface area contributed by atoms with Gasteiger partial charge in [-0.25, -0.2) is 14.8 Å². The van der Waals surface area contributed by atoms with Crippen LogP contribution in [0.1, 0.15) is 5.56 Å². The molecule has 9 nitrogen and oxygen atoms in total. The van der Waals surface area contributed by atoms with Gasteiger partial charge >= 0.3 is 6.09 Å². The number of ether oxygens (including phenoxy) is 2. The van der Waals surface area contributed by atoms with Crippen LogP contribution in [-0.4, -0.2) is 78.4 Å². The zero-order valence-corrected chi connectivity index (χ0v) is 18.3. The number of carbonyl (C=O) groups excluding carboxylic acids is 1. The van der Waals surface area contributed by atoms with Gasteiger partial charge in [-0.15, -0.1) is 0 Å². The molecule has 2 fully saturated rings. The van der Waals surface area contributed by atoms with E-state index in [1.54, 1.807) is 18.2 Å². The van der Waals surface area contributed by atoms with Crippen molar-refractivity contribution in [2.45, 2.75) is 13.0 Å². The third kappa shape index (κ3) is 4.03. The van der Waals surface area contributed by atoms with E-state index >= 15 is 0 Å². The first-order valence-corrected chi connectivity index (χ1v) is 10.8. The van der Waals surface area contributed by atoms with Gasteiger partial charge in [0, 0.05) is 51.2 Å². The minimum Gasteiger partial charge on any atom is -0.481 e. The quantitative estimate of drug-likeness (QED) is 0.606. The molecule has 5 heterocycles. The van der Waals surface area contributed by atoms with Gasteiger partial charge in [0.2, 0.25) is 5.88 Å². The van der Waals surface area contributed by atoms with E-state index in [1.807, 2.05) is 43.5 Å². The fourth-order valence-corrected chi connectivity index (χ4v) is 4.25. The maximum absolute atomic E-state index is 12.3. The predicted molar refractivity (Wildman–Crippen MR) is 121 cm³/mol. The lowest BCUT2D eigenvalue weighted by Gasteiger charge is -2.36. The molecule has 0 spiro atoms. The molecule has 32 heavy (non-hydrogen) atoms. The average molecular weight is 435 g/mol. The van der Waals surface area contributed by atoms with Crippen LogP contribution in [0.25, 0.3) is 11.0 Å². The van der Waals surface area contributed by atoms with Crippen molar-refractivity contribution in [2.24, 2.45) is 0 Å². The molecule has 0 saturated carbocycles. The van der Waals surface area contributed by atoms with Gasteiger partial charge in [0.05, 0.1) is 24.9 Å². The van der Waals surface area contributed by atoms with E-state index in [0.717, 1.165) is 48.5 Å². The highest BCUT2D eigenvalue weighted by atomic mass is 16.6. The number of pyridine rings is 3. The van der Waals surface area contributed by atoms with Gasteiger partial charge in [-0.2, -0.15) is 0 Å². The van der Waals surface area contributed by atoms with Crippen molar-refractivity contribution in [1.29, 1.82) is 0 Å². The maximum atomic E-state index is 12.3. The van der Waals surface area contributed by atoms with Crippen LogP contribution in [0.3, 0.4) is 0 Å². The van der Waals surface area contributed by atoms with Crippen molar-refractivity contribution in [3.63, 3.8) is 0 Å². The standard InChI is InChI=1S/C23H26N6O3/c1-16-3-5-20(25-13-16)29-15-17(32-23(29)30)14-27-9-11-28(12-10-27)19-7-8-24-18-4-6-21(31-2)26-22(18)19/h3-8,13,17H,9-12,14-15H2,1-2H3. The van der Waals surface area contributed by atoms with Gasteiger partial charge in [-0.05, 0) is 30.7 Å². The summed E-state index contributed by atoms with van der Waals surface area (Å²) in [4.78, 5) is 32.0. The average Bonchev–Trinajstić information content (AvgIpc) is 3.19. The molecule has 0 N–H and O–H groups in total. The monoisotopic (exact) mass is 434 g/mol. The molecule has 0 aromatic carbocycles. The van der Waals surface area contributed by atoms with E-state index < -0.39 is 0 Å². The first-order valence-electron chi connectivity index (χ1n) is 10.8. The normalized spacial score (nSPS) is 19.4. The number of piperazine rings is 1. The third-order valence-corrected chi connectivity index (χ3v) is 5.97. The summed E-state index contributed by atoms with van der Waals surface area (Å²) in [6, 6.07) is 9.59. The van der Waals surface area contributed by atoms with Gasteiger partial charge < -0.3 is 14.4 Å². The molecule has 1 atom stereocenters. The zero-order chi connectivity index (χ0) is 22.1. The minimum atomic E-state index is -0.326. The van der Waals surface area contributed by atoms with Gasteiger partial charge in [-0.1, -0.05) is 6.07 Å². The predicted octanol–water partition coefficient (Wildman–Crippen LogP) is 2.49. The molecule has 5 rings (SSSR count). The van der Waals surface area contributed by atoms with E-state index in [1.165, 1.54) is 0 Å². The molecular formula is C23H26N6O3. The second kappa shape index (κ2) is 8.58. The Morgan fingerprint density at radius 1 is 1.09 bits per heavy atom. The van der Waals surface area contributed by atoms with E-state index in [-0.39, 0.29) is 12.2 Å². The van der Waals surface area contributed by atoms with Crippen molar-refractivity contribution in [2.75, 3.05) is 56.2 Å². The number of aryl methyl sites for hydroxylation is 1. The Morgan fingerprint density at radius 3 is 2.69 bits per heavy atom. The molecule has 2 saturated heterocycles. The fourth-order valence-electron chi connectivity index (χ4n) is 4.25. The molecule has 0 radical (unpaired) electrons. The molecule has 2 aliphatic rings. The first-order chi connectivity index (χ1) is 15.6. The highest BCUT2D eigenvalue weighted by Crippen LogP contribution is 2.27. The Labute approximate surface area is 186 Å². The minimum absolute atomic E-state index is 0.162. The second-order valence-electron chi connectivity index (χ2n) is 8.15. The molecule has 0 aliphatic carbocycles. The van der Waals surface area contributed by atoms with Crippen molar-refractivity contribution in [1.82, 2.24) is 19.9 Å². The number of amides is 1. The SMILES string of the molecule is COc1ccc2nccc(N3CCN(CC4CN(c5ccc(C)cn5)C(=O)O4)CC3)c2n1. The summed E-state index contributed by atoms with van der Waals surface area (Å²) in [6.45, 7) is 6.70. The molecule has 2 aliphatic heterocycles. The lowest BCUT2D eigenvalue weighted by Crippen LogP contribution is -2.49. The van der Waals surface area contributed by atoms with Crippen molar-refractivity contribution in [3.8, 4) is 5.88 Å². The van der Waals surface area contributed by atoms with E-state index in [2.05, 4.69) is 24.8 Å². The highest BCUT2D eigenvalue weighted by molar-refractivity contribution is 5.89. The summed E-state index contributed by atoms with van der Waals surface area (Å²) in [5.74, 6) is 1.22. The molecule has 0 bridgehead atoms. The first kappa shape index (κ1) is 20.4. The number of cyclic esters (lactones) is 1. The third-order valence-electron chi connectivity index (χ3n) is 5.97. The van der Waals surface area contributed by atoms with Gasteiger partial charge in [0.25, 0.3) is 0 Å². The maximum Gasteiger partial charge on any atom is 0.415 e. The Morgan fingerprint density at radius 2 is 1.94 bits per heavy atom. The van der Waals surface area contributed by atoms with Gasteiger partial charge in [0.1, 0.15) is 17.4 Å². The van der Waals surface area contributed by atoms with E-state index in [4.69, 9.17) is 9.47 Å². The summed E-state index contributed by atoms with van der Waals surface area (Å²) in [5.41, 5.74) is 3.84. The number of nitrogens with zero attached hydrogens (tertiary/aromatic N) is 6. The Bertz CT molecular complexity index is 1110. The number of aromatic nitrogens is 3. The smallest absolute Gasteiger partial charge is 0.415 e. The molecule has 3 aromatic heterocycles. The molecule has 1 unspecified atom stereocenters. The number of rotatable bonds is 5. The van der Waals surface area contributed by atoms with Crippen LogP contribution in [0, 0.1) is 6.92 Å². The highest BCUT2D eigenvalue weighted by Gasteiger charge is 2.34. The summed E-state index contributed by atoms with van der Waals surface area (Å²) in [7, 11) is 1.62. The van der Waals surface area contributed by atoms with Crippen LogP contribution in [0.5, 0.6) is 5.88 Å². The lowest BCUT2D eigenvalue weighted by molar-refractivity contribution is 0.106. The van der Waals surface area contributed by atoms with Crippen molar-refractivity contribution >= 4 is 28.6 Å². The van der Waals surface area contributed by atoms with Crippen molar-refractivity contribution < 1.29 is 14.3 Å². The Balaban J connectivity index is 1.21. The topological polar surface area (TPSA) is 83.9 Å². The second-order valence-corrected chi connectivity index (χ2v) is 8.15. The number of carbonyl (C=O) groups is 1. The number of hydrogen-bond acceptors (Lipinski definition) is 8. The van der Waals surface area contributed by atoms with Crippen LogP contribution in [0.2, 0.25) is 0 Å². The van der Waals surface area contributed by atoms with Crippen LogP contribution in [-0.2, 0) is 4.74 Å². The van der Waals surface area contributed by atoms with E-state index in [9.17, 15) is 4.79 Å². The molecule has 166 valence electrons. The van der Waals surface area contributed by atoms with Gasteiger partial charge in [-0.3, -0.25) is 14.8 Å². The summed E-state index contributed by atoms with van der Waals surface area (Å²) < 4.78 is 10.9. The summed E-state index contributed by atoms with van der Waals surface area (Å²) >= 11 is 0. The number of fused-ring (bicyclic) bond motifs is 1. The molecular weight excluding hydrogens is 408 g/mol. The number of hydrogen-bond donors (Lipinski definition) is 0. The number of methoxy groups -OCH3 is 1. The summed E-state index contributed by atoms with van der Waals surface area (Å²) in [6.07, 6.45) is 3.10. The molecule has 9 heteroatoms. The molecule has 3 aromatic rings. The Hall–Kier alpha value is -3.46. The largest absolute Gasteiger partial charge is 0.481 e. The van der Waals surface area contributed by atoms with E-state index in [0.29, 0.717) is 24.8 Å². The van der Waals surface area contributed by atoms with Crippen LogP contribution in [0.4, 0.5) is 16.3 Å².